The molecule has 5 nitrogen and oxygen atoms in total. The molecule has 6 heteroatoms. The molecule has 0 spiro atoms. The Labute approximate surface area is 162 Å². The summed E-state index contributed by atoms with van der Waals surface area (Å²) in [7, 11) is 0. The molecule has 2 aliphatic rings. The quantitative estimate of drug-likeness (QED) is 0.353. The number of thiophene rings is 1. The lowest BCUT2D eigenvalue weighted by atomic mass is 10.2. The summed E-state index contributed by atoms with van der Waals surface area (Å²) in [5.74, 6) is 1.78. The van der Waals surface area contributed by atoms with Crippen LogP contribution in [-0.2, 0) is 4.74 Å². The number of likely N-dealkylation sites (tertiary alicyclic amines) is 1. The van der Waals surface area contributed by atoms with Crippen LogP contribution >= 0.6 is 11.3 Å². The Kier molecular flexibility index (Phi) is 8.24. The van der Waals surface area contributed by atoms with E-state index in [-0.39, 0.29) is 0 Å². The fraction of sp³-hybridized carbons (Fsp3) is 0.750. The lowest BCUT2D eigenvalue weighted by Crippen LogP contribution is -2.39. The predicted octanol–water partition coefficient (Wildman–Crippen LogP) is 3.26. The van der Waals surface area contributed by atoms with Crippen molar-refractivity contribution in [2.75, 3.05) is 45.9 Å². The SMILES string of the molecule is CCNC(=NCC(c1cccs1)N1CCCC1)NCCCOCC1CC1. The fourth-order valence-electron chi connectivity index (χ4n) is 3.35. The monoisotopic (exact) mass is 378 g/mol. The molecule has 3 rings (SSSR count). The average molecular weight is 379 g/mol. The Morgan fingerprint density at radius 3 is 2.88 bits per heavy atom. The van der Waals surface area contributed by atoms with Crippen molar-refractivity contribution in [3.63, 3.8) is 0 Å². The maximum absolute atomic E-state index is 5.71. The number of hydrogen-bond acceptors (Lipinski definition) is 4. The van der Waals surface area contributed by atoms with Gasteiger partial charge in [-0.1, -0.05) is 6.07 Å². The molecule has 2 heterocycles. The zero-order valence-electron chi connectivity index (χ0n) is 16.1. The van der Waals surface area contributed by atoms with Gasteiger partial charge in [-0.3, -0.25) is 9.89 Å². The van der Waals surface area contributed by atoms with Crippen molar-refractivity contribution >= 4 is 17.3 Å². The van der Waals surface area contributed by atoms with E-state index in [9.17, 15) is 0 Å². The molecule has 146 valence electrons. The fourth-order valence-corrected chi connectivity index (χ4v) is 4.21. The highest BCUT2D eigenvalue weighted by atomic mass is 32.1. The smallest absolute Gasteiger partial charge is 0.191 e. The molecule has 0 bridgehead atoms. The number of hydrogen-bond donors (Lipinski definition) is 2. The summed E-state index contributed by atoms with van der Waals surface area (Å²) < 4.78 is 5.71. The van der Waals surface area contributed by atoms with E-state index in [2.05, 4.69) is 40.0 Å². The van der Waals surface area contributed by atoms with Gasteiger partial charge in [-0.2, -0.15) is 0 Å². The Morgan fingerprint density at radius 2 is 2.19 bits per heavy atom. The molecule has 0 aromatic carbocycles. The van der Waals surface area contributed by atoms with Crippen molar-refractivity contribution in [1.82, 2.24) is 15.5 Å². The summed E-state index contributed by atoms with van der Waals surface area (Å²) in [6.45, 7) is 8.91. The number of ether oxygens (including phenoxy) is 1. The first-order valence-corrected chi connectivity index (χ1v) is 11.1. The van der Waals surface area contributed by atoms with Crippen LogP contribution in [0.2, 0.25) is 0 Å². The lowest BCUT2D eigenvalue weighted by molar-refractivity contribution is 0.123. The molecule has 0 amide bonds. The summed E-state index contributed by atoms with van der Waals surface area (Å²) >= 11 is 1.85. The number of rotatable bonds is 11. The highest BCUT2D eigenvalue weighted by molar-refractivity contribution is 7.10. The van der Waals surface area contributed by atoms with E-state index in [0.717, 1.165) is 51.1 Å². The second kappa shape index (κ2) is 10.9. The zero-order chi connectivity index (χ0) is 18.0. The Hall–Kier alpha value is -1.11. The Morgan fingerprint density at radius 1 is 1.35 bits per heavy atom. The zero-order valence-corrected chi connectivity index (χ0v) is 16.9. The van der Waals surface area contributed by atoms with E-state index >= 15 is 0 Å². The van der Waals surface area contributed by atoms with Crippen LogP contribution in [-0.4, -0.2) is 56.8 Å². The first-order valence-electron chi connectivity index (χ1n) is 10.2. The second-order valence-electron chi connectivity index (χ2n) is 7.29. The lowest BCUT2D eigenvalue weighted by Gasteiger charge is -2.25. The first kappa shape index (κ1) is 19.6. The third-order valence-corrected chi connectivity index (χ3v) is 6.00. The molecule has 1 unspecified atom stereocenters. The van der Waals surface area contributed by atoms with Gasteiger partial charge in [0, 0.05) is 31.2 Å². The van der Waals surface area contributed by atoms with Crippen molar-refractivity contribution < 1.29 is 4.74 Å². The van der Waals surface area contributed by atoms with Crippen LogP contribution in [0.3, 0.4) is 0 Å². The molecule has 0 radical (unpaired) electrons. The second-order valence-corrected chi connectivity index (χ2v) is 8.27. The normalized spacial score (nSPS) is 19.7. The van der Waals surface area contributed by atoms with Gasteiger partial charge in [-0.15, -0.1) is 11.3 Å². The van der Waals surface area contributed by atoms with E-state index in [1.165, 1.54) is 43.6 Å². The summed E-state index contributed by atoms with van der Waals surface area (Å²) in [5, 5.41) is 9.01. The van der Waals surface area contributed by atoms with E-state index in [1.807, 2.05) is 11.3 Å². The highest BCUT2D eigenvalue weighted by Crippen LogP contribution is 2.29. The van der Waals surface area contributed by atoms with E-state index in [1.54, 1.807) is 0 Å². The highest BCUT2D eigenvalue weighted by Gasteiger charge is 2.24. The summed E-state index contributed by atoms with van der Waals surface area (Å²) in [6, 6.07) is 4.81. The summed E-state index contributed by atoms with van der Waals surface area (Å²) in [6.07, 6.45) is 6.36. The number of guanidine groups is 1. The minimum atomic E-state index is 0.412. The summed E-state index contributed by atoms with van der Waals surface area (Å²) in [5.41, 5.74) is 0. The van der Waals surface area contributed by atoms with Gasteiger partial charge in [0.15, 0.2) is 5.96 Å². The molecule has 26 heavy (non-hydrogen) atoms. The maximum atomic E-state index is 5.71. The van der Waals surface area contributed by atoms with Crippen LogP contribution in [0.15, 0.2) is 22.5 Å². The van der Waals surface area contributed by atoms with Crippen molar-refractivity contribution in [2.24, 2.45) is 10.9 Å². The van der Waals surface area contributed by atoms with Gasteiger partial charge in [0.25, 0.3) is 0 Å². The van der Waals surface area contributed by atoms with Crippen LogP contribution < -0.4 is 10.6 Å². The minimum absolute atomic E-state index is 0.412. The number of nitrogens with one attached hydrogen (secondary N) is 2. The minimum Gasteiger partial charge on any atom is -0.381 e. The Bertz CT molecular complexity index is 524. The number of nitrogens with zero attached hydrogens (tertiary/aromatic N) is 2. The van der Waals surface area contributed by atoms with Gasteiger partial charge < -0.3 is 15.4 Å². The van der Waals surface area contributed by atoms with E-state index in [0.29, 0.717) is 6.04 Å². The Balaban J connectivity index is 1.45. The van der Waals surface area contributed by atoms with Crippen LogP contribution in [0.25, 0.3) is 0 Å². The third-order valence-electron chi connectivity index (χ3n) is 5.03. The molecule has 2 fully saturated rings. The largest absolute Gasteiger partial charge is 0.381 e. The van der Waals surface area contributed by atoms with Gasteiger partial charge in [-0.25, -0.2) is 0 Å². The van der Waals surface area contributed by atoms with Crippen LogP contribution in [0, 0.1) is 5.92 Å². The van der Waals surface area contributed by atoms with Gasteiger partial charge in [0.1, 0.15) is 0 Å². The molecule has 1 saturated carbocycles. The first-order chi connectivity index (χ1) is 12.9. The molecule has 2 N–H and O–H groups in total. The molecule has 1 aromatic rings. The molecular formula is C20H34N4OS. The van der Waals surface area contributed by atoms with Gasteiger partial charge in [0.05, 0.1) is 12.6 Å². The van der Waals surface area contributed by atoms with Gasteiger partial charge in [0.2, 0.25) is 0 Å². The maximum Gasteiger partial charge on any atom is 0.191 e. The van der Waals surface area contributed by atoms with Gasteiger partial charge in [-0.05, 0) is 69.5 Å². The van der Waals surface area contributed by atoms with Crippen LogP contribution in [0.5, 0.6) is 0 Å². The molecule has 1 saturated heterocycles. The van der Waals surface area contributed by atoms with Crippen LogP contribution in [0.1, 0.15) is 49.9 Å². The molecule has 1 aromatic heterocycles. The van der Waals surface area contributed by atoms with E-state index in [4.69, 9.17) is 9.73 Å². The average Bonchev–Trinajstić information content (AvgIpc) is 3.11. The standard InChI is InChI=1S/C20H34N4OS/c1-2-21-20(22-10-6-13-25-16-17-8-9-17)23-15-18(19-7-5-14-26-19)24-11-3-4-12-24/h5,7,14,17-18H,2-4,6,8-13,15-16H2,1H3,(H2,21,22,23). The number of aliphatic imine (C=N–C) groups is 1. The van der Waals surface area contributed by atoms with Crippen molar-refractivity contribution in [3.05, 3.63) is 22.4 Å². The topological polar surface area (TPSA) is 48.9 Å². The van der Waals surface area contributed by atoms with Crippen LogP contribution in [0.4, 0.5) is 0 Å². The molecule has 1 atom stereocenters. The molecule has 1 aliphatic carbocycles. The predicted molar refractivity (Wildman–Crippen MR) is 110 cm³/mol. The van der Waals surface area contributed by atoms with Crippen molar-refractivity contribution in [2.45, 2.75) is 45.1 Å². The van der Waals surface area contributed by atoms with Gasteiger partial charge >= 0.3 is 0 Å². The molecular weight excluding hydrogens is 344 g/mol. The van der Waals surface area contributed by atoms with Crippen molar-refractivity contribution in [3.8, 4) is 0 Å². The third kappa shape index (κ3) is 6.56. The van der Waals surface area contributed by atoms with E-state index < -0.39 is 0 Å². The summed E-state index contributed by atoms with van der Waals surface area (Å²) in [4.78, 5) is 8.91. The van der Waals surface area contributed by atoms with Crippen molar-refractivity contribution in [1.29, 1.82) is 0 Å². The molecule has 1 aliphatic heterocycles.